The lowest BCUT2D eigenvalue weighted by Gasteiger charge is -2.41. The quantitative estimate of drug-likeness (QED) is 0.462. The Morgan fingerprint density at radius 3 is 2.57 bits per heavy atom. The molecule has 0 amide bonds. The predicted octanol–water partition coefficient (Wildman–Crippen LogP) is -0.121. The maximum atomic E-state index is 9.90. The Kier molecular flexibility index (Phi) is 5.96. The van der Waals surface area contributed by atoms with Gasteiger partial charge in [0.05, 0.1) is 12.7 Å². The van der Waals surface area contributed by atoms with Crippen LogP contribution in [0.25, 0.3) is 0 Å². The van der Waals surface area contributed by atoms with Crippen molar-refractivity contribution in [2.24, 2.45) is 0 Å². The number of aryl methyl sites for hydroxylation is 1. The largest absolute Gasteiger partial charge is 0.508 e. The number of phenols is 1. The van der Waals surface area contributed by atoms with E-state index in [0.717, 1.165) is 12.0 Å². The Morgan fingerprint density at radius 1 is 1.30 bits per heavy atom. The first kappa shape index (κ1) is 18.1. The standard InChI is InChI=1S/C16H24O7/c1-10(2-3-11-4-6-12(18)7-5-11)22-15-13(19)8-16(20,21)14(9-17)23-15/h4-7,10,13-15,17-21H,2-3,8-9H2,1H3. The van der Waals surface area contributed by atoms with Crippen LogP contribution in [0, 0.1) is 0 Å². The molecule has 0 aliphatic carbocycles. The molecule has 0 radical (unpaired) electrons. The average molecular weight is 328 g/mol. The smallest absolute Gasteiger partial charge is 0.194 e. The first-order chi connectivity index (χ1) is 10.8. The third-order valence-corrected chi connectivity index (χ3v) is 3.95. The zero-order valence-corrected chi connectivity index (χ0v) is 13.0. The third-order valence-electron chi connectivity index (χ3n) is 3.95. The van der Waals surface area contributed by atoms with Crippen LogP contribution in [0.1, 0.15) is 25.3 Å². The molecule has 7 heteroatoms. The summed E-state index contributed by atoms with van der Waals surface area (Å²) in [6.07, 6.45) is -2.65. The van der Waals surface area contributed by atoms with E-state index in [2.05, 4.69) is 0 Å². The number of rotatable bonds is 6. The summed E-state index contributed by atoms with van der Waals surface area (Å²) in [5, 5.41) is 47.6. The van der Waals surface area contributed by atoms with Gasteiger partial charge in [0, 0.05) is 6.42 Å². The molecule has 1 saturated heterocycles. The second-order valence-electron chi connectivity index (χ2n) is 5.98. The Bertz CT molecular complexity index is 488. The fourth-order valence-corrected chi connectivity index (χ4v) is 2.54. The Morgan fingerprint density at radius 2 is 1.96 bits per heavy atom. The van der Waals surface area contributed by atoms with Crippen molar-refractivity contribution in [2.75, 3.05) is 6.61 Å². The topological polar surface area (TPSA) is 120 Å². The van der Waals surface area contributed by atoms with Crippen LogP contribution >= 0.6 is 0 Å². The fourth-order valence-electron chi connectivity index (χ4n) is 2.54. The minimum absolute atomic E-state index is 0.211. The van der Waals surface area contributed by atoms with E-state index in [9.17, 15) is 20.4 Å². The second kappa shape index (κ2) is 7.57. The van der Waals surface area contributed by atoms with Crippen LogP contribution in [-0.4, -0.2) is 62.5 Å². The molecule has 0 spiro atoms. The Hall–Kier alpha value is -1.22. The lowest BCUT2D eigenvalue weighted by atomic mass is 9.99. The predicted molar refractivity (Wildman–Crippen MR) is 80.5 cm³/mol. The SMILES string of the molecule is CC(CCc1ccc(O)cc1)OC1OC(CO)C(O)(O)CC1O. The summed E-state index contributed by atoms with van der Waals surface area (Å²) in [5.74, 6) is -2.06. The molecule has 0 bridgehead atoms. The van der Waals surface area contributed by atoms with Crippen LogP contribution in [0.15, 0.2) is 24.3 Å². The van der Waals surface area contributed by atoms with Gasteiger partial charge in [-0.2, -0.15) is 0 Å². The van der Waals surface area contributed by atoms with Crippen LogP contribution in [0.4, 0.5) is 0 Å². The van der Waals surface area contributed by atoms with E-state index < -0.39 is 30.9 Å². The van der Waals surface area contributed by atoms with Gasteiger partial charge >= 0.3 is 0 Å². The minimum atomic E-state index is -2.27. The van der Waals surface area contributed by atoms with Gasteiger partial charge in [-0.3, -0.25) is 0 Å². The molecule has 0 aromatic heterocycles. The molecule has 0 saturated carbocycles. The third kappa shape index (κ3) is 4.87. The zero-order chi connectivity index (χ0) is 17.0. The highest BCUT2D eigenvalue weighted by atomic mass is 16.7. The molecule has 7 nitrogen and oxygen atoms in total. The lowest BCUT2D eigenvalue weighted by molar-refractivity contribution is -0.355. The first-order valence-electron chi connectivity index (χ1n) is 7.64. The van der Waals surface area contributed by atoms with Gasteiger partial charge in [-0.05, 0) is 37.5 Å². The lowest BCUT2D eigenvalue weighted by Crippen LogP contribution is -2.58. The van der Waals surface area contributed by atoms with Crippen molar-refractivity contribution in [2.45, 2.75) is 56.6 Å². The van der Waals surface area contributed by atoms with Crippen molar-refractivity contribution in [3.63, 3.8) is 0 Å². The Labute approximate surface area is 134 Å². The van der Waals surface area contributed by atoms with Crippen LogP contribution in [0.2, 0.25) is 0 Å². The fraction of sp³-hybridized carbons (Fsp3) is 0.625. The van der Waals surface area contributed by atoms with Crippen molar-refractivity contribution >= 4 is 0 Å². The molecule has 1 aromatic carbocycles. The monoisotopic (exact) mass is 328 g/mol. The van der Waals surface area contributed by atoms with Crippen molar-refractivity contribution in [1.29, 1.82) is 0 Å². The van der Waals surface area contributed by atoms with E-state index in [4.69, 9.17) is 14.6 Å². The van der Waals surface area contributed by atoms with Gasteiger partial charge in [-0.25, -0.2) is 0 Å². The number of hydrogen-bond acceptors (Lipinski definition) is 7. The van der Waals surface area contributed by atoms with Gasteiger partial charge in [0.15, 0.2) is 12.1 Å². The number of aliphatic hydroxyl groups excluding tert-OH is 2. The van der Waals surface area contributed by atoms with Gasteiger partial charge in [-0.15, -0.1) is 0 Å². The van der Waals surface area contributed by atoms with Gasteiger partial charge < -0.3 is 35.0 Å². The molecule has 2 rings (SSSR count). The van der Waals surface area contributed by atoms with Crippen LogP contribution in [-0.2, 0) is 15.9 Å². The molecule has 4 unspecified atom stereocenters. The molecule has 1 heterocycles. The second-order valence-corrected chi connectivity index (χ2v) is 5.98. The molecule has 1 aliphatic heterocycles. The number of hydrogen-bond donors (Lipinski definition) is 5. The number of benzene rings is 1. The highest BCUT2D eigenvalue weighted by Crippen LogP contribution is 2.28. The molecule has 23 heavy (non-hydrogen) atoms. The van der Waals surface area contributed by atoms with E-state index in [-0.39, 0.29) is 18.3 Å². The highest BCUT2D eigenvalue weighted by Gasteiger charge is 2.46. The molecule has 130 valence electrons. The normalized spacial score (nSPS) is 28.5. The summed E-state index contributed by atoms with van der Waals surface area (Å²) in [6, 6.07) is 6.87. The number of aliphatic hydroxyl groups is 4. The maximum absolute atomic E-state index is 9.90. The van der Waals surface area contributed by atoms with E-state index in [0.29, 0.717) is 6.42 Å². The molecule has 1 aromatic rings. The minimum Gasteiger partial charge on any atom is -0.508 e. The molecule has 4 atom stereocenters. The summed E-state index contributed by atoms with van der Waals surface area (Å²) in [7, 11) is 0. The molecule has 5 N–H and O–H groups in total. The zero-order valence-electron chi connectivity index (χ0n) is 13.0. The summed E-state index contributed by atoms with van der Waals surface area (Å²) in [4.78, 5) is 0. The van der Waals surface area contributed by atoms with Gasteiger partial charge in [0.1, 0.15) is 18.0 Å². The average Bonchev–Trinajstić information content (AvgIpc) is 2.49. The first-order valence-corrected chi connectivity index (χ1v) is 7.64. The van der Waals surface area contributed by atoms with Gasteiger partial charge in [-0.1, -0.05) is 12.1 Å². The van der Waals surface area contributed by atoms with Crippen molar-refractivity contribution < 1.29 is 35.0 Å². The molecular weight excluding hydrogens is 304 g/mol. The summed E-state index contributed by atoms with van der Waals surface area (Å²) < 4.78 is 10.9. The van der Waals surface area contributed by atoms with E-state index in [1.54, 1.807) is 12.1 Å². The number of phenolic OH excluding ortho intramolecular Hbond substituents is 1. The van der Waals surface area contributed by atoms with Crippen molar-refractivity contribution in [1.82, 2.24) is 0 Å². The number of ether oxygens (including phenoxy) is 2. The van der Waals surface area contributed by atoms with E-state index in [1.165, 1.54) is 0 Å². The Balaban J connectivity index is 1.84. The molecule has 1 aliphatic rings. The van der Waals surface area contributed by atoms with Crippen molar-refractivity contribution in [3.8, 4) is 5.75 Å². The summed E-state index contributed by atoms with van der Waals surface area (Å²) in [6.45, 7) is 1.24. The molecular formula is C16H24O7. The summed E-state index contributed by atoms with van der Waals surface area (Å²) in [5.41, 5.74) is 1.04. The van der Waals surface area contributed by atoms with Crippen molar-refractivity contribution in [3.05, 3.63) is 29.8 Å². The number of aromatic hydroxyl groups is 1. The molecule has 1 fully saturated rings. The van der Waals surface area contributed by atoms with E-state index in [1.807, 2.05) is 19.1 Å². The van der Waals surface area contributed by atoms with Crippen LogP contribution in [0.3, 0.4) is 0 Å². The van der Waals surface area contributed by atoms with E-state index >= 15 is 0 Å². The van der Waals surface area contributed by atoms with Crippen LogP contribution < -0.4 is 0 Å². The highest BCUT2D eigenvalue weighted by molar-refractivity contribution is 5.25. The maximum Gasteiger partial charge on any atom is 0.194 e. The van der Waals surface area contributed by atoms with Gasteiger partial charge in [0.2, 0.25) is 0 Å². The van der Waals surface area contributed by atoms with Crippen LogP contribution in [0.5, 0.6) is 5.75 Å². The van der Waals surface area contributed by atoms with Gasteiger partial charge in [0.25, 0.3) is 0 Å². The summed E-state index contributed by atoms with van der Waals surface area (Å²) >= 11 is 0.